The van der Waals surface area contributed by atoms with Gasteiger partial charge in [-0.15, -0.1) is 11.8 Å². The second-order valence-electron chi connectivity index (χ2n) is 4.39. The normalized spacial score (nSPS) is 15.1. The Morgan fingerprint density at radius 3 is 3.00 bits per heavy atom. The predicted molar refractivity (Wildman–Crippen MR) is 75.0 cm³/mol. The van der Waals surface area contributed by atoms with Crippen LogP contribution >= 0.6 is 11.8 Å². The van der Waals surface area contributed by atoms with Gasteiger partial charge in [-0.1, -0.05) is 12.1 Å². The third-order valence-corrected chi connectivity index (χ3v) is 4.11. The molecular weight excluding hydrogens is 262 g/mol. The Balaban J connectivity index is 1.91. The van der Waals surface area contributed by atoms with Gasteiger partial charge >= 0.3 is 0 Å². The molecule has 0 bridgehead atoms. The van der Waals surface area contributed by atoms with Gasteiger partial charge in [0.1, 0.15) is 6.54 Å². The summed E-state index contributed by atoms with van der Waals surface area (Å²) in [7, 11) is 0. The van der Waals surface area contributed by atoms with Gasteiger partial charge in [-0.3, -0.25) is 14.2 Å². The quantitative estimate of drug-likeness (QED) is 0.818. The molecule has 0 aliphatic carbocycles. The van der Waals surface area contributed by atoms with E-state index in [1.54, 1.807) is 34.9 Å². The van der Waals surface area contributed by atoms with Gasteiger partial charge in [0.05, 0.1) is 23.1 Å². The largest absolute Gasteiger partial charge is 0.331 e. The van der Waals surface area contributed by atoms with Gasteiger partial charge in [-0.25, -0.2) is 4.98 Å². The van der Waals surface area contributed by atoms with E-state index >= 15 is 0 Å². The van der Waals surface area contributed by atoms with E-state index in [4.69, 9.17) is 0 Å². The second kappa shape index (κ2) is 5.05. The molecule has 0 radical (unpaired) electrons. The maximum absolute atomic E-state index is 12.2. The van der Waals surface area contributed by atoms with E-state index in [1.165, 1.54) is 10.9 Å². The van der Waals surface area contributed by atoms with Crippen LogP contribution in [0.3, 0.4) is 0 Å². The fourth-order valence-electron chi connectivity index (χ4n) is 2.08. The third-order valence-electron chi connectivity index (χ3n) is 3.14. The molecule has 0 saturated carbocycles. The number of para-hydroxylation sites is 1. The lowest BCUT2D eigenvalue weighted by Gasteiger charge is -2.15. The zero-order valence-corrected chi connectivity index (χ0v) is 11.1. The first-order valence-corrected chi connectivity index (χ1v) is 7.21. The van der Waals surface area contributed by atoms with E-state index in [9.17, 15) is 9.59 Å². The summed E-state index contributed by atoms with van der Waals surface area (Å²) >= 11 is 1.73. The molecule has 5 nitrogen and oxygen atoms in total. The molecule has 3 rings (SSSR count). The number of benzene rings is 1. The van der Waals surface area contributed by atoms with Gasteiger partial charge in [-0.05, 0) is 12.1 Å². The Kier molecular flexibility index (Phi) is 3.25. The van der Waals surface area contributed by atoms with Crippen molar-refractivity contribution in [2.75, 3.05) is 18.2 Å². The van der Waals surface area contributed by atoms with Gasteiger partial charge < -0.3 is 4.90 Å². The smallest absolute Gasteiger partial charge is 0.261 e. The fourth-order valence-corrected chi connectivity index (χ4v) is 3.05. The van der Waals surface area contributed by atoms with Gasteiger partial charge in [0.2, 0.25) is 5.91 Å². The summed E-state index contributed by atoms with van der Waals surface area (Å²) in [6.07, 6.45) is 1.45. The summed E-state index contributed by atoms with van der Waals surface area (Å²) in [4.78, 5) is 30.2. The van der Waals surface area contributed by atoms with Crippen molar-refractivity contribution in [1.29, 1.82) is 0 Å². The molecule has 0 unspecified atom stereocenters. The van der Waals surface area contributed by atoms with Gasteiger partial charge in [-0.2, -0.15) is 0 Å². The van der Waals surface area contributed by atoms with E-state index in [1.807, 2.05) is 6.07 Å². The molecule has 19 heavy (non-hydrogen) atoms. The van der Waals surface area contributed by atoms with Crippen LogP contribution in [-0.2, 0) is 11.3 Å². The zero-order valence-electron chi connectivity index (χ0n) is 10.3. The maximum Gasteiger partial charge on any atom is 0.261 e. The Labute approximate surface area is 114 Å². The molecule has 2 aromatic rings. The monoisotopic (exact) mass is 275 g/mol. The number of hydrogen-bond donors (Lipinski definition) is 0. The van der Waals surface area contributed by atoms with Gasteiger partial charge in [0.25, 0.3) is 5.56 Å². The molecule has 1 aliphatic heterocycles. The van der Waals surface area contributed by atoms with Crippen molar-refractivity contribution in [1.82, 2.24) is 14.5 Å². The highest BCUT2D eigenvalue weighted by molar-refractivity contribution is 7.99. The van der Waals surface area contributed by atoms with Crippen LogP contribution in [0.15, 0.2) is 35.4 Å². The maximum atomic E-state index is 12.2. The average molecular weight is 275 g/mol. The first-order valence-electron chi connectivity index (χ1n) is 6.05. The zero-order chi connectivity index (χ0) is 13.2. The van der Waals surface area contributed by atoms with Gasteiger partial charge in [0.15, 0.2) is 0 Å². The molecule has 0 N–H and O–H groups in total. The van der Waals surface area contributed by atoms with Gasteiger partial charge in [0, 0.05) is 12.3 Å². The second-order valence-corrected chi connectivity index (χ2v) is 5.46. The number of rotatable bonds is 2. The molecule has 98 valence electrons. The third kappa shape index (κ3) is 2.35. The highest BCUT2D eigenvalue weighted by Crippen LogP contribution is 2.13. The molecule has 1 aromatic carbocycles. The first-order chi connectivity index (χ1) is 9.25. The van der Waals surface area contributed by atoms with Crippen LogP contribution in [0.2, 0.25) is 0 Å². The highest BCUT2D eigenvalue weighted by Gasteiger charge is 2.19. The van der Waals surface area contributed by atoms with Crippen LogP contribution in [0, 0.1) is 0 Å². The van der Waals surface area contributed by atoms with Crippen LogP contribution in [0.4, 0.5) is 0 Å². The number of thioether (sulfide) groups is 1. The summed E-state index contributed by atoms with van der Waals surface area (Å²) in [6.45, 7) is 0.830. The summed E-state index contributed by atoms with van der Waals surface area (Å²) in [6, 6.07) is 7.16. The van der Waals surface area contributed by atoms with E-state index in [2.05, 4.69) is 4.98 Å². The molecule has 1 aromatic heterocycles. The molecule has 0 spiro atoms. The van der Waals surface area contributed by atoms with Crippen LogP contribution in [0.1, 0.15) is 0 Å². The first kappa shape index (κ1) is 12.2. The molecule has 1 saturated heterocycles. The minimum atomic E-state index is -0.161. The van der Waals surface area contributed by atoms with E-state index in [0.717, 1.165) is 12.3 Å². The Morgan fingerprint density at radius 2 is 2.21 bits per heavy atom. The van der Waals surface area contributed by atoms with E-state index < -0.39 is 0 Å². The lowest BCUT2D eigenvalue weighted by molar-refractivity contribution is -0.130. The predicted octanol–water partition coefficient (Wildman–Crippen LogP) is 0.929. The number of hydrogen-bond acceptors (Lipinski definition) is 4. The minimum Gasteiger partial charge on any atom is -0.331 e. The highest BCUT2D eigenvalue weighted by atomic mass is 32.2. The number of nitrogens with zero attached hydrogens (tertiary/aromatic N) is 3. The van der Waals surface area contributed by atoms with Crippen LogP contribution in [0.25, 0.3) is 10.9 Å². The molecule has 1 amide bonds. The summed E-state index contributed by atoms with van der Waals surface area (Å²) in [5, 5.41) is 0.550. The molecule has 1 fully saturated rings. The lowest BCUT2D eigenvalue weighted by atomic mass is 10.2. The molecule has 2 heterocycles. The average Bonchev–Trinajstić information content (AvgIpc) is 2.96. The van der Waals surface area contributed by atoms with Crippen molar-refractivity contribution >= 4 is 28.6 Å². The number of amides is 1. The standard InChI is InChI=1S/C13H13N3O2S/c17-12(15-5-6-19-9-15)7-16-8-14-11-4-2-1-3-10(11)13(16)18/h1-4,8H,5-7,9H2. The van der Waals surface area contributed by atoms with Crippen molar-refractivity contribution in [3.8, 4) is 0 Å². The minimum absolute atomic E-state index is 0.0239. The van der Waals surface area contributed by atoms with Crippen molar-refractivity contribution in [3.05, 3.63) is 40.9 Å². The summed E-state index contributed by atoms with van der Waals surface area (Å²) < 4.78 is 1.38. The molecule has 1 aliphatic rings. The molecule has 0 atom stereocenters. The Morgan fingerprint density at radius 1 is 1.37 bits per heavy atom. The van der Waals surface area contributed by atoms with E-state index in [-0.39, 0.29) is 18.0 Å². The molecule has 6 heteroatoms. The number of carbonyl (C=O) groups is 1. The van der Waals surface area contributed by atoms with Crippen molar-refractivity contribution in [2.24, 2.45) is 0 Å². The van der Waals surface area contributed by atoms with Crippen LogP contribution in [0.5, 0.6) is 0 Å². The van der Waals surface area contributed by atoms with E-state index in [0.29, 0.717) is 16.8 Å². The van der Waals surface area contributed by atoms with Crippen molar-refractivity contribution in [3.63, 3.8) is 0 Å². The SMILES string of the molecule is O=C(Cn1cnc2ccccc2c1=O)N1CCSC1. The fraction of sp³-hybridized carbons (Fsp3) is 0.308. The summed E-state index contributed by atoms with van der Waals surface area (Å²) in [5.74, 6) is 1.66. The Hall–Kier alpha value is -1.82. The van der Waals surface area contributed by atoms with Crippen molar-refractivity contribution < 1.29 is 4.79 Å². The summed E-state index contributed by atoms with van der Waals surface area (Å²) in [5.41, 5.74) is 0.499. The number of carbonyl (C=O) groups excluding carboxylic acids is 1. The van der Waals surface area contributed by atoms with Crippen molar-refractivity contribution in [2.45, 2.75) is 6.54 Å². The number of aromatic nitrogens is 2. The lowest BCUT2D eigenvalue weighted by Crippen LogP contribution is -2.34. The van der Waals surface area contributed by atoms with Crippen LogP contribution in [-0.4, -0.2) is 38.5 Å². The number of fused-ring (bicyclic) bond motifs is 1. The Bertz CT molecular complexity index is 677. The topological polar surface area (TPSA) is 55.2 Å². The van der Waals surface area contributed by atoms with Crippen LogP contribution < -0.4 is 5.56 Å². The molecular formula is C13H13N3O2S.